The van der Waals surface area contributed by atoms with Crippen LogP contribution in [0.3, 0.4) is 0 Å². The molecule has 2 rings (SSSR count). The normalized spacial score (nSPS) is 14.7. The van der Waals surface area contributed by atoms with Gasteiger partial charge in [-0.1, -0.05) is 23.8 Å². The minimum Gasteiger partial charge on any atom is -0.449 e. The third-order valence-corrected chi connectivity index (χ3v) is 4.58. The van der Waals surface area contributed by atoms with E-state index < -0.39 is 12.1 Å². The zero-order chi connectivity index (χ0) is 19.8. The van der Waals surface area contributed by atoms with E-state index in [9.17, 15) is 14.4 Å². The largest absolute Gasteiger partial charge is 0.449 e. The number of rotatable bonds is 7. The second-order valence-electron chi connectivity index (χ2n) is 6.88. The lowest BCUT2D eigenvalue weighted by molar-refractivity contribution is -0.129. The van der Waals surface area contributed by atoms with Gasteiger partial charge in [0, 0.05) is 13.5 Å². The van der Waals surface area contributed by atoms with Gasteiger partial charge in [0.05, 0.1) is 11.3 Å². The average Bonchev–Trinajstić information content (AvgIpc) is 2.63. The van der Waals surface area contributed by atoms with Gasteiger partial charge in [-0.15, -0.1) is 0 Å². The number of para-hydroxylation sites is 1. The van der Waals surface area contributed by atoms with Gasteiger partial charge in [-0.3, -0.25) is 9.59 Å². The SMILES string of the molecule is CC(=O)Nc1c(C)cccc1C(=O)O[C@H](C)C(=O)NCCC1=CCCCC1. The fourth-order valence-corrected chi connectivity index (χ4v) is 3.08. The molecule has 0 bridgehead atoms. The van der Waals surface area contributed by atoms with Crippen LogP contribution < -0.4 is 10.6 Å². The summed E-state index contributed by atoms with van der Waals surface area (Å²) in [5.74, 6) is -1.24. The molecule has 0 radical (unpaired) electrons. The van der Waals surface area contributed by atoms with Crippen LogP contribution in [0.2, 0.25) is 0 Å². The van der Waals surface area contributed by atoms with Crippen LogP contribution in [-0.2, 0) is 14.3 Å². The first-order valence-corrected chi connectivity index (χ1v) is 9.42. The highest BCUT2D eigenvalue weighted by molar-refractivity contribution is 6.02. The van der Waals surface area contributed by atoms with Crippen molar-refractivity contribution < 1.29 is 19.1 Å². The van der Waals surface area contributed by atoms with Gasteiger partial charge in [-0.25, -0.2) is 4.79 Å². The van der Waals surface area contributed by atoms with Gasteiger partial charge < -0.3 is 15.4 Å². The molecule has 0 saturated heterocycles. The molecule has 2 N–H and O–H groups in total. The summed E-state index contributed by atoms with van der Waals surface area (Å²) >= 11 is 0. The summed E-state index contributed by atoms with van der Waals surface area (Å²) < 4.78 is 5.30. The van der Waals surface area contributed by atoms with Crippen LogP contribution in [0.1, 0.15) is 61.9 Å². The number of ether oxygens (including phenoxy) is 1. The first-order valence-electron chi connectivity index (χ1n) is 9.42. The molecule has 1 aliphatic carbocycles. The number of hydrogen-bond donors (Lipinski definition) is 2. The molecule has 0 heterocycles. The molecular formula is C21H28N2O4. The number of carbonyl (C=O) groups excluding carboxylic acids is 3. The summed E-state index contributed by atoms with van der Waals surface area (Å²) in [5, 5.41) is 5.47. The molecule has 0 unspecified atom stereocenters. The number of hydrogen-bond acceptors (Lipinski definition) is 4. The Hall–Kier alpha value is -2.63. The maximum atomic E-state index is 12.5. The van der Waals surface area contributed by atoms with Crippen molar-refractivity contribution in [2.24, 2.45) is 0 Å². The number of carbonyl (C=O) groups is 3. The summed E-state index contributed by atoms with van der Waals surface area (Å²) in [6.45, 7) is 5.24. The smallest absolute Gasteiger partial charge is 0.341 e. The minimum atomic E-state index is -0.913. The first kappa shape index (κ1) is 20.7. The number of allylic oxidation sites excluding steroid dienone is 1. The molecule has 27 heavy (non-hydrogen) atoms. The molecule has 1 atom stereocenters. The highest BCUT2D eigenvalue weighted by Crippen LogP contribution is 2.22. The Morgan fingerprint density at radius 2 is 2.00 bits per heavy atom. The molecule has 1 aromatic rings. The number of esters is 1. The summed E-state index contributed by atoms with van der Waals surface area (Å²) in [6, 6.07) is 5.07. The lowest BCUT2D eigenvalue weighted by atomic mass is 9.97. The van der Waals surface area contributed by atoms with Crippen LogP contribution in [0.4, 0.5) is 5.69 Å². The van der Waals surface area contributed by atoms with E-state index in [-0.39, 0.29) is 17.4 Å². The average molecular weight is 372 g/mol. The third kappa shape index (κ3) is 6.24. The van der Waals surface area contributed by atoms with Gasteiger partial charge in [0.15, 0.2) is 6.10 Å². The molecule has 0 spiro atoms. The summed E-state index contributed by atoms with van der Waals surface area (Å²) in [4.78, 5) is 36.1. The van der Waals surface area contributed by atoms with E-state index in [1.807, 2.05) is 0 Å². The van der Waals surface area contributed by atoms with Crippen LogP contribution in [0, 0.1) is 6.92 Å². The van der Waals surface area contributed by atoms with Gasteiger partial charge in [0.25, 0.3) is 5.91 Å². The van der Waals surface area contributed by atoms with E-state index in [2.05, 4.69) is 16.7 Å². The van der Waals surface area contributed by atoms with Gasteiger partial charge in [0.1, 0.15) is 0 Å². The monoisotopic (exact) mass is 372 g/mol. The van der Waals surface area contributed by atoms with E-state index in [0.717, 1.165) is 24.8 Å². The Labute approximate surface area is 160 Å². The maximum absolute atomic E-state index is 12.5. The summed E-state index contributed by atoms with van der Waals surface area (Å²) in [7, 11) is 0. The van der Waals surface area contributed by atoms with Crippen LogP contribution in [0.5, 0.6) is 0 Å². The molecule has 0 fully saturated rings. The topological polar surface area (TPSA) is 84.5 Å². The van der Waals surface area contributed by atoms with Crippen molar-refractivity contribution in [3.63, 3.8) is 0 Å². The van der Waals surface area contributed by atoms with Crippen LogP contribution in [0.15, 0.2) is 29.8 Å². The standard InChI is InChI=1S/C21H28N2O4/c1-14-8-7-11-18(19(14)23-16(3)24)21(26)27-15(2)20(25)22-13-12-17-9-5-4-6-10-17/h7-9,11,15H,4-6,10,12-13H2,1-3H3,(H,22,25)(H,23,24)/t15-/m1/s1. The van der Waals surface area contributed by atoms with Crippen LogP contribution in [0.25, 0.3) is 0 Å². The molecular weight excluding hydrogens is 344 g/mol. The van der Waals surface area contributed by atoms with E-state index in [0.29, 0.717) is 12.2 Å². The van der Waals surface area contributed by atoms with Gasteiger partial charge >= 0.3 is 5.97 Å². The molecule has 6 nitrogen and oxygen atoms in total. The fraction of sp³-hybridized carbons (Fsp3) is 0.476. The lowest BCUT2D eigenvalue weighted by Gasteiger charge is -2.17. The van der Waals surface area contributed by atoms with E-state index in [1.165, 1.54) is 25.3 Å². The second kappa shape index (κ2) is 9.90. The van der Waals surface area contributed by atoms with E-state index in [4.69, 9.17) is 4.74 Å². The van der Waals surface area contributed by atoms with Gasteiger partial charge in [0.2, 0.25) is 5.91 Å². The highest BCUT2D eigenvalue weighted by Gasteiger charge is 2.21. The van der Waals surface area contributed by atoms with Crippen molar-refractivity contribution in [1.82, 2.24) is 5.32 Å². The predicted molar refractivity (Wildman–Crippen MR) is 105 cm³/mol. The first-order chi connectivity index (χ1) is 12.9. The zero-order valence-electron chi connectivity index (χ0n) is 16.3. The van der Waals surface area contributed by atoms with Crippen LogP contribution in [-0.4, -0.2) is 30.4 Å². The van der Waals surface area contributed by atoms with Gasteiger partial charge in [-0.2, -0.15) is 0 Å². The van der Waals surface area contributed by atoms with Crippen molar-refractivity contribution in [3.8, 4) is 0 Å². The number of anilines is 1. The Morgan fingerprint density at radius 1 is 1.22 bits per heavy atom. The molecule has 2 amide bonds. The van der Waals surface area contributed by atoms with E-state index in [1.54, 1.807) is 32.0 Å². The van der Waals surface area contributed by atoms with Crippen LogP contribution >= 0.6 is 0 Å². The number of amides is 2. The summed E-state index contributed by atoms with van der Waals surface area (Å²) in [6.07, 6.45) is 6.83. The van der Waals surface area contributed by atoms with Crippen molar-refractivity contribution in [1.29, 1.82) is 0 Å². The second-order valence-corrected chi connectivity index (χ2v) is 6.88. The molecule has 6 heteroatoms. The fourth-order valence-electron chi connectivity index (χ4n) is 3.08. The molecule has 146 valence electrons. The van der Waals surface area contributed by atoms with Gasteiger partial charge in [-0.05, 0) is 57.6 Å². The molecule has 1 aliphatic rings. The number of benzene rings is 1. The Balaban J connectivity index is 1.90. The minimum absolute atomic E-state index is 0.234. The van der Waals surface area contributed by atoms with E-state index >= 15 is 0 Å². The van der Waals surface area contributed by atoms with Crippen molar-refractivity contribution >= 4 is 23.5 Å². The lowest BCUT2D eigenvalue weighted by Crippen LogP contribution is -2.36. The molecule has 1 aromatic carbocycles. The number of nitrogens with one attached hydrogen (secondary N) is 2. The zero-order valence-corrected chi connectivity index (χ0v) is 16.3. The predicted octanol–water partition coefficient (Wildman–Crippen LogP) is 3.51. The molecule has 0 aliphatic heterocycles. The summed E-state index contributed by atoms with van der Waals surface area (Å²) in [5.41, 5.74) is 2.77. The maximum Gasteiger partial charge on any atom is 0.341 e. The van der Waals surface area contributed by atoms with Crippen molar-refractivity contribution in [2.45, 2.75) is 59.0 Å². The highest BCUT2D eigenvalue weighted by atomic mass is 16.5. The van der Waals surface area contributed by atoms with Crippen molar-refractivity contribution in [3.05, 3.63) is 41.0 Å². The quantitative estimate of drug-likeness (QED) is 0.567. The van der Waals surface area contributed by atoms with Crippen molar-refractivity contribution in [2.75, 3.05) is 11.9 Å². The third-order valence-electron chi connectivity index (χ3n) is 4.58. The Kier molecular flexibility index (Phi) is 7.58. The Morgan fingerprint density at radius 3 is 2.67 bits per heavy atom. The molecule has 0 saturated carbocycles. The number of aryl methyl sites for hydroxylation is 1. The molecule has 0 aromatic heterocycles. The Bertz CT molecular complexity index is 740.